The van der Waals surface area contributed by atoms with E-state index in [4.69, 9.17) is 11.6 Å². The van der Waals surface area contributed by atoms with Crippen LogP contribution < -0.4 is 10.9 Å². The van der Waals surface area contributed by atoms with Crippen LogP contribution in [0, 0.1) is 11.8 Å². The van der Waals surface area contributed by atoms with E-state index in [0.717, 1.165) is 26.1 Å². The molecule has 1 aromatic rings. The molecule has 0 bridgehead atoms. The predicted octanol–water partition coefficient (Wildman–Crippen LogP) is 2.30. The van der Waals surface area contributed by atoms with Crippen molar-refractivity contribution in [1.29, 1.82) is 0 Å². The number of piperidine rings is 1. The molecular weight excluding hydrogens is 286 g/mol. The molecule has 2 heterocycles. The molecule has 2 aliphatic rings. The monoisotopic (exact) mass is 307 g/mol. The van der Waals surface area contributed by atoms with E-state index in [0.29, 0.717) is 28.5 Å². The van der Waals surface area contributed by atoms with Crippen molar-refractivity contribution in [2.75, 3.05) is 19.6 Å². The maximum Gasteiger partial charge on any atom is 0.253 e. The summed E-state index contributed by atoms with van der Waals surface area (Å²) in [6.07, 6.45) is 2.25. The topological polar surface area (TPSA) is 44.4 Å². The lowest BCUT2D eigenvalue weighted by molar-refractivity contribution is 0.0637. The maximum atomic E-state index is 12.6. The molecule has 3 atom stereocenters. The Hall–Kier alpha value is -1.10. The molecule has 0 spiro atoms. The van der Waals surface area contributed by atoms with Gasteiger partial charge in [0.1, 0.15) is 0 Å². The van der Waals surface area contributed by atoms with Gasteiger partial charge in [-0.3, -0.25) is 15.6 Å². The molecule has 1 aromatic carbocycles. The van der Waals surface area contributed by atoms with Crippen LogP contribution in [0.1, 0.15) is 30.1 Å². The first-order valence-corrected chi connectivity index (χ1v) is 8.06. The molecule has 21 heavy (non-hydrogen) atoms. The van der Waals surface area contributed by atoms with E-state index in [1.807, 2.05) is 17.0 Å². The first kappa shape index (κ1) is 14.8. The van der Waals surface area contributed by atoms with Crippen LogP contribution in [0.15, 0.2) is 24.3 Å². The van der Waals surface area contributed by atoms with Crippen LogP contribution in [0.25, 0.3) is 0 Å². The Kier molecular flexibility index (Phi) is 4.48. The van der Waals surface area contributed by atoms with Gasteiger partial charge < -0.3 is 4.90 Å². The van der Waals surface area contributed by atoms with E-state index in [2.05, 4.69) is 17.8 Å². The first-order valence-electron chi connectivity index (χ1n) is 7.68. The van der Waals surface area contributed by atoms with Crippen molar-refractivity contribution < 1.29 is 4.79 Å². The Balaban J connectivity index is 1.69. The highest BCUT2D eigenvalue weighted by Gasteiger charge is 2.34. The summed E-state index contributed by atoms with van der Waals surface area (Å²) in [7, 11) is 0. The molecule has 1 amide bonds. The number of hydrazine groups is 1. The molecule has 0 aromatic heterocycles. The van der Waals surface area contributed by atoms with Gasteiger partial charge in [0.25, 0.3) is 5.91 Å². The van der Waals surface area contributed by atoms with Gasteiger partial charge in [0, 0.05) is 36.3 Å². The molecule has 2 N–H and O–H groups in total. The van der Waals surface area contributed by atoms with Gasteiger partial charge in [0.05, 0.1) is 0 Å². The minimum Gasteiger partial charge on any atom is -0.338 e. The molecule has 114 valence electrons. The van der Waals surface area contributed by atoms with Crippen LogP contribution in [-0.4, -0.2) is 36.5 Å². The number of nitrogens with one attached hydrogen (secondary N) is 2. The molecular formula is C16H22ClN3O. The van der Waals surface area contributed by atoms with E-state index < -0.39 is 0 Å². The lowest BCUT2D eigenvalue weighted by Gasteiger charge is -2.36. The minimum atomic E-state index is 0.0980. The number of carbonyl (C=O) groups excluding carboxylic acids is 1. The number of benzene rings is 1. The van der Waals surface area contributed by atoms with Gasteiger partial charge >= 0.3 is 0 Å². The third-order valence-corrected chi connectivity index (χ3v) is 4.87. The lowest BCUT2D eigenvalue weighted by atomic mass is 9.85. The molecule has 0 aliphatic carbocycles. The van der Waals surface area contributed by atoms with Gasteiger partial charge in [0.2, 0.25) is 0 Å². The third kappa shape index (κ3) is 3.23. The van der Waals surface area contributed by atoms with Crippen molar-refractivity contribution in [1.82, 2.24) is 15.8 Å². The van der Waals surface area contributed by atoms with Gasteiger partial charge in [-0.15, -0.1) is 0 Å². The van der Waals surface area contributed by atoms with Crippen LogP contribution in [0.5, 0.6) is 0 Å². The molecule has 3 unspecified atom stereocenters. The first-order chi connectivity index (χ1) is 10.1. The van der Waals surface area contributed by atoms with Crippen molar-refractivity contribution in [2.24, 2.45) is 11.8 Å². The number of nitrogens with zero attached hydrogens (tertiary/aromatic N) is 1. The Morgan fingerprint density at radius 2 is 2.29 bits per heavy atom. The largest absolute Gasteiger partial charge is 0.338 e. The van der Waals surface area contributed by atoms with Crippen molar-refractivity contribution >= 4 is 17.5 Å². The smallest absolute Gasteiger partial charge is 0.253 e. The van der Waals surface area contributed by atoms with E-state index in [1.165, 1.54) is 6.42 Å². The number of carbonyl (C=O) groups is 1. The molecule has 5 heteroatoms. The van der Waals surface area contributed by atoms with Gasteiger partial charge in [-0.25, -0.2) is 0 Å². The van der Waals surface area contributed by atoms with Gasteiger partial charge in [0.15, 0.2) is 0 Å². The van der Waals surface area contributed by atoms with Crippen molar-refractivity contribution in [3.8, 4) is 0 Å². The van der Waals surface area contributed by atoms with Crippen LogP contribution in [0.2, 0.25) is 5.02 Å². The lowest BCUT2D eigenvalue weighted by Crippen LogP contribution is -2.48. The summed E-state index contributed by atoms with van der Waals surface area (Å²) in [6.45, 7) is 4.93. The summed E-state index contributed by atoms with van der Waals surface area (Å²) >= 11 is 5.99. The van der Waals surface area contributed by atoms with Crippen molar-refractivity contribution in [2.45, 2.75) is 25.8 Å². The van der Waals surface area contributed by atoms with Crippen LogP contribution in [0.3, 0.4) is 0 Å². The number of rotatable bonds is 2. The van der Waals surface area contributed by atoms with E-state index in [-0.39, 0.29) is 5.91 Å². The number of hydrogen-bond acceptors (Lipinski definition) is 3. The van der Waals surface area contributed by atoms with E-state index in [1.54, 1.807) is 12.1 Å². The number of likely N-dealkylation sites (tertiary alicyclic amines) is 1. The van der Waals surface area contributed by atoms with Crippen molar-refractivity contribution in [3.05, 3.63) is 34.9 Å². The van der Waals surface area contributed by atoms with Crippen LogP contribution in [0.4, 0.5) is 0 Å². The fourth-order valence-electron chi connectivity index (χ4n) is 3.48. The standard InChI is InChI=1S/C16H22ClN3O/c1-11-9-18-19-15(11)13-5-3-7-20(10-13)16(21)12-4-2-6-14(17)8-12/h2,4,6,8,11,13,15,18-19H,3,5,7,9-10H2,1H3. The van der Waals surface area contributed by atoms with Crippen LogP contribution in [-0.2, 0) is 0 Å². The molecule has 0 radical (unpaired) electrons. The Labute approximate surface area is 130 Å². The quantitative estimate of drug-likeness (QED) is 0.881. The molecule has 3 rings (SSSR count). The summed E-state index contributed by atoms with van der Waals surface area (Å²) in [4.78, 5) is 14.6. The minimum absolute atomic E-state index is 0.0980. The second-order valence-electron chi connectivity index (χ2n) is 6.19. The van der Waals surface area contributed by atoms with E-state index in [9.17, 15) is 4.79 Å². The van der Waals surface area contributed by atoms with Gasteiger partial charge in [-0.1, -0.05) is 24.6 Å². The Bertz CT molecular complexity index is 522. The zero-order chi connectivity index (χ0) is 14.8. The zero-order valence-electron chi connectivity index (χ0n) is 12.3. The third-order valence-electron chi connectivity index (χ3n) is 4.63. The second kappa shape index (κ2) is 6.34. The highest BCUT2D eigenvalue weighted by Crippen LogP contribution is 2.26. The maximum absolute atomic E-state index is 12.6. The summed E-state index contributed by atoms with van der Waals surface area (Å²) in [5.41, 5.74) is 7.30. The highest BCUT2D eigenvalue weighted by atomic mass is 35.5. The SMILES string of the molecule is CC1CNNC1C1CCCN(C(=O)c2cccc(Cl)c2)C1. The average molecular weight is 308 g/mol. The summed E-state index contributed by atoms with van der Waals surface area (Å²) in [6, 6.07) is 7.69. The highest BCUT2D eigenvalue weighted by molar-refractivity contribution is 6.30. The fourth-order valence-corrected chi connectivity index (χ4v) is 3.67. The van der Waals surface area contributed by atoms with Gasteiger partial charge in [-0.2, -0.15) is 0 Å². The number of halogens is 1. The van der Waals surface area contributed by atoms with Crippen molar-refractivity contribution in [3.63, 3.8) is 0 Å². The molecule has 4 nitrogen and oxygen atoms in total. The second-order valence-corrected chi connectivity index (χ2v) is 6.63. The van der Waals surface area contributed by atoms with Gasteiger partial charge in [-0.05, 0) is 42.9 Å². The Morgan fingerprint density at radius 1 is 1.43 bits per heavy atom. The fraction of sp³-hybridized carbons (Fsp3) is 0.562. The summed E-state index contributed by atoms with van der Waals surface area (Å²) < 4.78 is 0. The molecule has 2 aliphatic heterocycles. The van der Waals surface area contributed by atoms with Crippen LogP contribution >= 0.6 is 11.6 Å². The summed E-state index contributed by atoms with van der Waals surface area (Å²) in [5, 5.41) is 0.615. The predicted molar refractivity (Wildman–Crippen MR) is 84.2 cm³/mol. The van der Waals surface area contributed by atoms with E-state index >= 15 is 0 Å². The number of hydrogen-bond donors (Lipinski definition) is 2. The zero-order valence-corrected chi connectivity index (χ0v) is 13.1. The number of amides is 1. The normalized spacial score (nSPS) is 29.6. The molecule has 2 saturated heterocycles. The average Bonchev–Trinajstić information content (AvgIpc) is 2.93. The summed E-state index contributed by atoms with van der Waals surface area (Å²) in [5.74, 6) is 1.23. The Morgan fingerprint density at radius 3 is 3.00 bits per heavy atom. The molecule has 2 fully saturated rings. The molecule has 0 saturated carbocycles.